The molecule has 0 spiro atoms. The maximum atomic E-state index is 12.7. The van der Waals surface area contributed by atoms with Crippen LogP contribution in [0.2, 0.25) is 0 Å². The minimum Gasteiger partial charge on any atom is -0.475 e. The average molecular weight is 452 g/mol. The molecule has 0 radical (unpaired) electrons. The van der Waals surface area contributed by atoms with E-state index in [9.17, 15) is 14.7 Å². The van der Waals surface area contributed by atoms with Gasteiger partial charge in [0.2, 0.25) is 0 Å². The average Bonchev–Trinajstić information content (AvgIpc) is 3.52. The smallest absolute Gasteiger partial charge is 0.377 e. The zero-order chi connectivity index (χ0) is 22.8. The Hall–Kier alpha value is -4.36. The van der Waals surface area contributed by atoms with Crippen molar-refractivity contribution in [1.82, 2.24) is 14.8 Å². The third-order valence-electron chi connectivity index (χ3n) is 5.13. The summed E-state index contributed by atoms with van der Waals surface area (Å²) in [6.07, 6.45) is 3.36. The highest BCUT2D eigenvalue weighted by molar-refractivity contribution is 7.13. The molecular weight excluding hydrogens is 434 g/mol. The Balaban J connectivity index is 1.71. The van der Waals surface area contributed by atoms with E-state index < -0.39 is 11.8 Å². The van der Waals surface area contributed by atoms with Gasteiger partial charge < -0.3 is 5.11 Å². The summed E-state index contributed by atoms with van der Waals surface area (Å²) in [5.41, 5.74) is 3.11. The number of carbonyl (C=O) groups is 2. The Morgan fingerprint density at radius 3 is 2.45 bits per heavy atom. The number of fused-ring (bicyclic) bond motifs is 1. The summed E-state index contributed by atoms with van der Waals surface area (Å²) >= 11 is 1.52. The van der Waals surface area contributed by atoms with Crippen molar-refractivity contribution < 1.29 is 14.7 Å². The first-order chi connectivity index (χ1) is 16.1. The number of ketones is 1. The van der Waals surface area contributed by atoms with Gasteiger partial charge in [-0.25, -0.2) is 14.5 Å². The van der Waals surface area contributed by atoms with Crippen LogP contribution in [0.1, 0.15) is 11.3 Å². The number of hydrogen-bond acceptors (Lipinski definition) is 5. The number of pyridine rings is 1. The quantitative estimate of drug-likeness (QED) is 0.278. The van der Waals surface area contributed by atoms with Gasteiger partial charge in [0.1, 0.15) is 5.69 Å². The van der Waals surface area contributed by atoms with Gasteiger partial charge in [-0.1, -0.05) is 48.5 Å². The van der Waals surface area contributed by atoms with Gasteiger partial charge in [-0.3, -0.25) is 4.79 Å². The normalized spacial score (nSPS) is 11.6. The third-order valence-corrected chi connectivity index (χ3v) is 6.01. The molecule has 33 heavy (non-hydrogen) atoms. The second-order valence-electron chi connectivity index (χ2n) is 7.27. The first kappa shape index (κ1) is 20.5. The fraction of sp³-hybridized carbons (Fsp3) is 0. The fourth-order valence-corrected chi connectivity index (χ4v) is 4.28. The number of nitrogens with zero attached hydrogens (tertiary/aromatic N) is 3. The molecule has 0 saturated carbocycles. The van der Waals surface area contributed by atoms with Crippen LogP contribution >= 0.6 is 11.3 Å². The van der Waals surface area contributed by atoms with E-state index in [4.69, 9.17) is 5.10 Å². The molecule has 0 aliphatic heterocycles. The van der Waals surface area contributed by atoms with E-state index in [0.29, 0.717) is 22.5 Å². The van der Waals surface area contributed by atoms with Gasteiger partial charge in [0.25, 0.3) is 5.78 Å². The molecule has 6 nitrogen and oxygen atoms in total. The molecule has 1 N–H and O–H groups in total. The lowest BCUT2D eigenvalue weighted by Gasteiger charge is -2.06. The van der Waals surface area contributed by atoms with E-state index in [1.54, 1.807) is 23.0 Å². The van der Waals surface area contributed by atoms with Crippen LogP contribution in [0.25, 0.3) is 38.8 Å². The molecule has 2 aromatic carbocycles. The van der Waals surface area contributed by atoms with Gasteiger partial charge in [0, 0.05) is 17.1 Å². The Morgan fingerprint density at radius 2 is 1.70 bits per heavy atom. The van der Waals surface area contributed by atoms with Gasteiger partial charge in [-0.15, -0.1) is 11.3 Å². The molecule has 0 unspecified atom stereocenters. The summed E-state index contributed by atoms with van der Waals surface area (Å²) in [4.78, 5) is 29.9. The Kier molecular flexibility index (Phi) is 5.38. The summed E-state index contributed by atoms with van der Waals surface area (Å²) in [6, 6.07) is 24.4. The lowest BCUT2D eigenvalue weighted by molar-refractivity contribution is -0.146. The number of Topliss-reactive ketones (excluding diaryl/α,β-unsaturated/α-hetero) is 1. The molecule has 3 aromatic heterocycles. The SMILES string of the molecule is O=C(O)C(=O)/C(=C\c1cn(-c2ccccc2)nc1-c1cccs1)c1ccc2ccccc2n1. The third kappa shape index (κ3) is 4.09. The number of aromatic nitrogens is 3. The molecule has 0 fully saturated rings. The van der Waals surface area contributed by atoms with Crippen LogP contribution < -0.4 is 0 Å². The second kappa shape index (κ2) is 8.64. The molecule has 0 aliphatic carbocycles. The predicted molar refractivity (Wildman–Crippen MR) is 129 cm³/mol. The standard InChI is InChI=1S/C26H17N3O3S/c30-25(26(31)32)20(22-13-12-17-7-4-5-10-21(17)27-22)15-18-16-29(19-8-2-1-3-9-19)28-24(18)23-11-6-14-33-23/h1-16H,(H,31,32)/b20-15-. The number of carboxylic acids is 1. The number of thiophene rings is 1. The zero-order valence-corrected chi connectivity index (χ0v) is 18.1. The van der Waals surface area contributed by atoms with E-state index in [0.717, 1.165) is 16.0 Å². The van der Waals surface area contributed by atoms with Crippen LogP contribution in [0.15, 0.2) is 90.4 Å². The highest BCUT2D eigenvalue weighted by Gasteiger charge is 2.23. The lowest BCUT2D eigenvalue weighted by Crippen LogP contribution is -2.15. The Bertz CT molecular complexity index is 1500. The molecule has 0 atom stereocenters. The minimum absolute atomic E-state index is 0.00123. The van der Waals surface area contributed by atoms with Gasteiger partial charge in [0.05, 0.1) is 27.3 Å². The highest BCUT2D eigenvalue weighted by Crippen LogP contribution is 2.31. The van der Waals surface area contributed by atoms with Crippen molar-refractivity contribution in [3.8, 4) is 16.3 Å². The number of aliphatic carboxylic acids is 1. The van der Waals surface area contributed by atoms with Crippen molar-refractivity contribution in [3.63, 3.8) is 0 Å². The number of hydrogen-bond donors (Lipinski definition) is 1. The summed E-state index contributed by atoms with van der Waals surface area (Å²) in [5.74, 6) is -2.56. The number of para-hydroxylation sites is 2. The summed E-state index contributed by atoms with van der Waals surface area (Å²) in [5, 5.41) is 17.1. The maximum absolute atomic E-state index is 12.7. The van der Waals surface area contributed by atoms with Crippen molar-refractivity contribution in [1.29, 1.82) is 0 Å². The molecular formula is C26H17N3O3S. The fourth-order valence-electron chi connectivity index (χ4n) is 3.55. The number of carboxylic acid groups (broad SMARTS) is 1. The van der Waals surface area contributed by atoms with E-state index in [-0.39, 0.29) is 5.57 Å². The van der Waals surface area contributed by atoms with Crippen molar-refractivity contribution in [3.05, 3.63) is 102 Å². The molecule has 160 valence electrons. The predicted octanol–water partition coefficient (Wildman–Crippen LogP) is 5.34. The first-order valence-electron chi connectivity index (χ1n) is 10.1. The van der Waals surface area contributed by atoms with Crippen LogP contribution in [0.3, 0.4) is 0 Å². The van der Waals surface area contributed by atoms with Crippen LogP contribution in [0.4, 0.5) is 0 Å². The number of benzene rings is 2. The summed E-state index contributed by atoms with van der Waals surface area (Å²) in [7, 11) is 0. The monoisotopic (exact) mass is 451 g/mol. The molecule has 5 rings (SSSR count). The molecule has 0 saturated heterocycles. The summed E-state index contributed by atoms with van der Waals surface area (Å²) in [6.45, 7) is 0. The minimum atomic E-state index is -1.54. The lowest BCUT2D eigenvalue weighted by atomic mass is 10.0. The van der Waals surface area contributed by atoms with Crippen molar-refractivity contribution in [2.75, 3.05) is 0 Å². The molecule has 0 amide bonds. The molecule has 0 bridgehead atoms. The zero-order valence-electron chi connectivity index (χ0n) is 17.3. The largest absolute Gasteiger partial charge is 0.475 e. The topological polar surface area (TPSA) is 85.1 Å². The Morgan fingerprint density at radius 1 is 0.909 bits per heavy atom. The van der Waals surface area contributed by atoms with Gasteiger partial charge in [-0.2, -0.15) is 5.10 Å². The van der Waals surface area contributed by atoms with Crippen LogP contribution in [0, 0.1) is 0 Å². The van der Waals surface area contributed by atoms with Gasteiger partial charge in [-0.05, 0) is 41.8 Å². The molecule has 0 aliphatic rings. The van der Waals surface area contributed by atoms with Crippen LogP contribution in [0.5, 0.6) is 0 Å². The molecule has 3 heterocycles. The number of carbonyl (C=O) groups excluding carboxylic acids is 1. The molecule has 7 heteroatoms. The highest BCUT2D eigenvalue weighted by atomic mass is 32.1. The maximum Gasteiger partial charge on any atom is 0.377 e. The van der Waals surface area contributed by atoms with E-state index in [1.807, 2.05) is 78.2 Å². The van der Waals surface area contributed by atoms with Crippen molar-refractivity contribution in [2.45, 2.75) is 0 Å². The summed E-state index contributed by atoms with van der Waals surface area (Å²) < 4.78 is 1.72. The van der Waals surface area contributed by atoms with Crippen molar-refractivity contribution >= 4 is 45.6 Å². The second-order valence-corrected chi connectivity index (χ2v) is 8.22. The van der Waals surface area contributed by atoms with E-state index in [1.165, 1.54) is 11.3 Å². The molecule has 5 aromatic rings. The van der Waals surface area contributed by atoms with Crippen LogP contribution in [-0.4, -0.2) is 31.6 Å². The van der Waals surface area contributed by atoms with E-state index in [2.05, 4.69) is 4.98 Å². The van der Waals surface area contributed by atoms with Crippen LogP contribution in [-0.2, 0) is 9.59 Å². The van der Waals surface area contributed by atoms with Gasteiger partial charge >= 0.3 is 5.97 Å². The van der Waals surface area contributed by atoms with E-state index >= 15 is 0 Å². The first-order valence-corrected chi connectivity index (χ1v) is 11.0. The number of rotatable bonds is 6. The van der Waals surface area contributed by atoms with Gasteiger partial charge in [0.15, 0.2) is 0 Å². The van der Waals surface area contributed by atoms with Crippen molar-refractivity contribution in [2.24, 2.45) is 0 Å². The Labute approximate surface area is 193 Å².